The Labute approximate surface area is 128 Å². The van der Waals surface area contributed by atoms with Crippen molar-refractivity contribution in [1.29, 1.82) is 0 Å². The van der Waals surface area contributed by atoms with Gasteiger partial charge < -0.3 is 4.90 Å². The van der Waals surface area contributed by atoms with Crippen LogP contribution in [0.25, 0.3) is 0 Å². The van der Waals surface area contributed by atoms with Crippen molar-refractivity contribution in [2.75, 3.05) is 26.2 Å². The molecule has 1 amide bonds. The fraction of sp³-hybridized carbons (Fsp3) is 0.611. The van der Waals surface area contributed by atoms with E-state index < -0.39 is 0 Å². The van der Waals surface area contributed by atoms with E-state index in [2.05, 4.69) is 44.7 Å². The smallest absolute Gasteiger partial charge is 0.222 e. The Kier molecular flexibility index (Phi) is 5.40. The summed E-state index contributed by atoms with van der Waals surface area (Å²) < 4.78 is 0. The number of carbonyl (C=O) groups excluding carboxylic acids is 1. The van der Waals surface area contributed by atoms with E-state index in [1.165, 1.54) is 22.3 Å². The third-order valence-corrected chi connectivity index (χ3v) is 4.41. The Balaban J connectivity index is 1.94. The van der Waals surface area contributed by atoms with Gasteiger partial charge in [-0.2, -0.15) is 0 Å². The van der Waals surface area contributed by atoms with Crippen molar-refractivity contribution in [2.45, 2.75) is 47.1 Å². The number of hydrogen-bond donors (Lipinski definition) is 0. The van der Waals surface area contributed by atoms with Gasteiger partial charge in [-0.1, -0.05) is 24.6 Å². The lowest BCUT2D eigenvalue weighted by Crippen LogP contribution is -2.48. The predicted molar refractivity (Wildman–Crippen MR) is 87.4 cm³/mol. The summed E-state index contributed by atoms with van der Waals surface area (Å²) in [5.41, 5.74) is 5.56. The molecule has 116 valence electrons. The molecule has 0 atom stereocenters. The zero-order valence-corrected chi connectivity index (χ0v) is 13.9. The maximum Gasteiger partial charge on any atom is 0.222 e. The van der Waals surface area contributed by atoms with E-state index >= 15 is 0 Å². The molecule has 3 heteroatoms. The molecule has 0 radical (unpaired) electrons. The number of benzene rings is 1. The van der Waals surface area contributed by atoms with Gasteiger partial charge in [0, 0.05) is 39.1 Å². The molecule has 0 aromatic heterocycles. The van der Waals surface area contributed by atoms with Gasteiger partial charge in [0.25, 0.3) is 0 Å². The Hall–Kier alpha value is -1.35. The highest BCUT2D eigenvalue weighted by atomic mass is 16.2. The largest absolute Gasteiger partial charge is 0.340 e. The van der Waals surface area contributed by atoms with Crippen LogP contribution in [0.5, 0.6) is 0 Å². The van der Waals surface area contributed by atoms with Crippen molar-refractivity contribution in [2.24, 2.45) is 0 Å². The summed E-state index contributed by atoms with van der Waals surface area (Å²) in [6, 6.07) is 4.53. The molecule has 2 rings (SSSR count). The maximum absolute atomic E-state index is 11.9. The minimum atomic E-state index is 0.319. The minimum absolute atomic E-state index is 0.319. The summed E-state index contributed by atoms with van der Waals surface area (Å²) in [7, 11) is 0. The van der Waals surface area contributed by atoms with Gasteiger partial charge in [0.1, 0.15) is 0 Å². The first kappa shape index (κ1) is 16.0. The third-order valence-electron chi connectivity index (χ3n) is 4.41. The lowest BCUT2D eigenvalue weighted by atomic mass is 9.99. The second-order valence-electron chi connectivity index (χ2n) is 6.28. The first-order valence-corrected chi connectivity index (χ1v) is 8.08. The van der Waals surface area contributed by atoms with Crippen LogP contribution in [0, 0.1) is 20.8 Å². The van der Waals surface area contributed by atoms with Crippen LogP contribution in [0.2, 0.25) is 0 Å². The van der Waals surface area contributed by atoms with Crippen LogP contribution in [0.4, 0.5) is 0 Å². The highest BCUT2D eigenvalue weighted by Crippen LogP contribution is 2.19. The lowest BCUT2D eigenvalue weighted by molar-refractivity contribution is -0.133. The van der Waals surface area contributed by atoms with Gasteiger partial charge in [-0.15, -0.1) is 0 Å². The van der Waals surface area contributed by atoms with E-state index in [0.29, 0.717) is 12.3 Å². The van der Waals surface area contributed by atoms with E-state index in [-0.39, 0.29) is 0 Å². The van der Waals surface area contributed by atoms with E-state index in [9.17, 15) is 4.79 Å². The number of amides is 1. The second kappa shape index (κ2) is 7.08. The Morgan fingerprint density at radius 2 is 1.62 bits per heavy atom. The molecule has 0 aliphatic carbocycles. The predicted octanol–water partition coefficient (Wildman–Crippen LogP) is 3.06. The molecule has 0 saturated carbocycles. The van der Waals surface area contributed by atoms with E-state index in [1.54, 1.807) is 0 Å². The van der Waals surface area contributed by atoms with Gasteiger partial charge in [-0.05, 0) is 43.9 Å². The summed E-state index contributed by atoms with van der Waals surface area (Å²) in [5, 5.41) is 0. The summed E-state index contributed by atoms with van der Waals surface area (Å²) in [6.45, 7) is 13.4. The van der Waals surface area contributed by atoms with Crippen LogP contribution in [0.1, 0.15) is 42.0 Å². The van der Waals surface area contributed by atoms with E-state index in [0.717, 1.165) is 39.1 Å². The average molecular weight is 288 g/mol. The molecule has 0 bridgehead atoms. The summed E-state index contributed by atoms with van der Waals surface area (Å²) in [4.78, 5) is 16.4. The van der Waals surface area contributed by atoms with Gasteiger partial charge in [0.05, 0.1) is 0 Å². The van der Waals surface area contributed by atoms with Crippen molar-refractivity contribution in [3.8, 4) is 0 Å². The first-order chi connectivity index (χ1) is 10.0. The lowest BCUT2D eigenvalue weighted by Gasteiger charge is -2.35. The molecular formula is C18H28N2O. The highest BCUT2D eigenvalue weighted by Gasteiger charge is 2.21. The third kappa shape index (κ3) is 4.07. The van der Waals surface area contributed by atoms with Gasteiger partial charge in [0.2, 0.25) is 5.91 Å². The van der Waals surface area contributed by atoms with Crippen molar-refractivity contribution in [1.82, 2.24) is 9.80 Å². The number of carbonyl (C=O) groups is 1. The standard InChI is InChI=1S/C18H28N2O/c1-5-6-18(21)20-9-7-19(8-10-20)13-17-15(3)11-14(2)12-16(17)4/h11-12H,5-10,13H2,1-4H3. The number of piperazine rings is 1. The monoisotopic (exact) mass is 288 g/mol. The SMILES string of the molecule is CCCC(=O)N1CCN(Cc2c(C)cc(C)cc2C)CC1. The Morgan fingerprint density at radius 3 is 2.14 bits per heavy atom. The van der Waals surface area contributed by atoms with Crippen LogP contribution in [0.3, 0.4) is 0 Å². The number of nitrogens with zero attached hydrogens (tertiary/aromatic N) is 2. The number of rotatable bonds is 4. The van der Waals surface area contributed by atoms with Crippen molar-refractivity contribution in [3.63, 3.8) is 0 Å². The van der Waals surface area contributed by atoms with Gasteiger partial charge >= 0.3 is 0 Å². The normalized spacial score (nSPS) is 16.3. The molecule has 1 aliphatic rings. The van der Waals surface area contributed by atoms with Crippen LogP contribution in [-0.4, -0.2) is 41.9 Å². The molecule has 0 N–H and O–H groups in total. The molecule has 1 aliphatic heterocycles. The van der Waals surface area contributed by atoms with Crippen molar-refractivity contribution >= 4 is 5.91 Å². The van der Waals surface area contributed by atoms with Crippen molar-refractivity contribution < 1.29 is 4.79 Å². The van der Waals surface area contributed by atoms with Gasteiger partial charge in [-0.3, -0.25) is 9.69 Å². The maximum atomic E-state index is 11.9. The summed E-state index contributed by atoms with van der Waals surface area (Å²) in [6.07, 6.45) is 1.64. The van der Waals surface area contributed by atoms with Gasteiger partial charge in [0.15, 0.2) is 0 Å². The summed E-state index contributed by atoms with van der Waals surface area (Å²) >= 11 is 0. The zero-order valence-electron chi connectivity index (χ0n) is 13.9. The van der Waals surface area contributed by atoms with Crippen LogP contribution < -0.4 is 0 Å². The summed E-state index contributed by atoms with van der Waals surface area (Å²) in [5.74, 6) is 0.319. The van der Waals surface area contributed by atoms with Crippen LogP contribution >= 0.6 is 0 Å². The molecule has 1 aromatic carbocycles. The molecule has 0 spiro atoms. The Bertz CT molecular complexity index is 479. The number of hydrogen-bond acceptors (Lipinski definition) is 2. The van der Waals surface area contributed by atoms with E-state index in [4.69, 9.17) is 0 Å². The van der Waals surface area contributed by atoms with Crippen LogP contribution in [0.15, 0.2) is 12.1 Å². The molecule has 1 heterocycles. The molecule has 21 heavy (non-hydrogen) atoms. The van der Waals surface area contributed by atoms with Crippen LogP contribution in [-0.2, 0) is 11.3 Å². The first-order valence-electron chi connectivity index (χ1n) is 8.08. The topological polar surface area (TPSA) is 23.6 Å². The van der Waals surface area contributed by atoms with E-state index in [1.807, 2.05) is 4.90 Å². The molecule has 1 aromatic rings. The highest BCUT2D eigenvalue weighted by molar-refractivity contribution is 5.76. The van der Waals surface area contributed by atoms with Crippen molar-refractivity contribution in [3.05, 3.63) is 34.4 Å². The minimum Gasteiger partial charge on any atom is -0.340 e. The average Bonchev–Trinajstić information content (AvgIpc) is 2.43. The fourth-order valence-corrected chi connectivity index (χ4v) is 3.21. The number of aryl methyl sites for hydroxylation is 3. The molecule has 1 fully saturated rings. The fourth-order valence-electron chi connectivity index (χ4n) is 3.21. The Morgan fingerprint density at radius 1 is 1.05 bits per heavy atom. The molecular weight excluding hydrogens is 260 g/mol. The quantitative estimate of drug-likeness (QED) is 0.850. The zero-order chi connectivity index (χ0) is 15.4. The molecule has 0 unspecified atom stereocenters. The molecule has 3 nitrogen and oxygen atoms in total. The second-order valence-corrected chi connectivity index (χ2v) is 6.28. The molecule has 1 saturated heterocycles. The van der Waals surface area contributed by atoms with Gasteiger partial charge in [-0.25, -0.2) is 0 Å².